The summed E-state index contributed by atoms with van der Waals surface area (Å²) in [5.74, 6) is -1.02. The number of nitrogens with zero attached hydrogens (tertiary/aromatic N) is 1. The molecule has 0 saturated heterocycles. The van der Waals surface area contributed by atoms with Gasteiger partial charge in [-0.1, -0.05) is 11.6 Å². The number of carbonyl (C=O) groups excluding carboxylic acids is 1. The van der Waals surface area contributed by atoms with Crippen molar-refractivity contribution in [2.75, 3.05) is 0 Å². The van der Waals surface area contributed by atoms with E-state index in [0.717, 1.165) is 12.1 Å². The maximum Gasteiger partial charge on any atom is 0.573 e. The number of fused-ring (bicyclic) bond motifs is 1. The largest absolute Gasteiger partial charge is 0.573 e. The van der Waals surface area contributed by atoms with Gasteiger partial charge in [0.2, 0.25) is 0 Å². The average Bonchev–Trinajstić information content (AvgIpc) is 2.81. The molecule has 0 amide bonds. The molecule has 8 heteroatoms. The fourth-order valence-electron chi connectivity index (χ4n) is 2.46. The van der Waals surface area contributed by atoms with E-state index in [9.17, 15) is 23.1 Å². The molecule has 0 spiro atoms. The molecule has 0 atom stereocenters. The Balaban J connectivity index is 2.00. The van der Waals surface area contributed by atoms with Crippen molar-refractivity contribution in [1.82, 2.24) is 4.57 Å². The Hall–Kier alpha value is -2.67. The number of halogens is 4. The SMILES string of the molecule is Cc1[c]c2cc(O)c(Cl)cc2n1C(=O)c1ccc(OC(F)(F)F)cc1. The number of hydrogen-bond donors (Lipinski definition) is 1. The van der Waals surface area contributed by atoms with Crippen molar-refractivity contribution in [3.63, 3.8) is 0 Å². The van der Waals surface area contributed by atoms with Gasteiger partial charge in [-0.2, -0.15) is 0 Å². The minimum absolute atomic E-state index is 0.0713. The third-order valence-electron chi connectivity index (χ3n) is 3.49. The number of aryl methyl sites for hydroxylation is 1. The molecule has 25 heavy (non-hydrogen) atoms. The van der Waals surface area contributed by atoms with Crippen LogP contribution in [-0.2, 0) is 0 Å². The number of ether oxygens (including phenoxy) is 1. The molecule has 1 radical (unpaired) electrons. The standard InChI is InChI=1S/C17H10ClF3NO3/c1-9-6-11-7-15(23)13(18)8-14(11)22(9)16(24)10-2-4-12(5-3-10)25-17(19,20)21/h2-5,7-8,23H,1H3. The first kappa shape index (κ1) is 17.2. The fourth-order valence-corrected chi connectivity index (χ4v) is 2.62. The van der Waals surface area contributed by atoms with Crippen molar-refractivity contribution in [3.05, 3.63) is 58.7 Å². The van der Waals surface area contributed by atoms with Crippen LogP contribution >= 0.6 is 11.6 Å². The van der Waals surface area contributed by atoms with Crippen molar-refractivity contribution in [1.29, 1.82) is 0 Å². The van der Waals surface area contributed by atoms with Gasteiger partial charge in [-0.3, -0.25) is 9.36 Å². The molecule has 0 saturated carbocycles. The lowest BCUT2D eigenvalue weighted by molar-refractivity contribution is -0.274. The zero-order valence-corrected chi connectivity index (χ0v) is 13.4. The van der Waals surface area contributed by atoms with Crippen molar-refractivity contribution >= 4 is 28.4 Å². The van der Waals surface area contributed by atoms with E-state index in [-0.39, 0.29) is 16.3 Å². The molecule has 1 N–H and O–H groups in total. The lowest BCUT2D eigenvalue weighted by atomic mass is 10.2. The molecule has 0 aliphatic heterocycles. The summed E-state index contributed by atoms with van der Waals surface area (Å²) in [4.78, 5) is 12.7. The van der Waals surface area contributed by atoms with Gasteiger partial charge in [0, 0.05) is 22.7 Å². The van der Waals surface area contributed by atoms with E-state index in [0.29, 0.717) is 16.6 Å². The van der Waals surface area contributed by atoms with E-state index < -0.39 is 18.0 Å². The summed E-state index contributed by atoms with van der Waals surface area (Å²) in [5, 5.41) is 10.2. The van der Waals surface area contributed by atoms with Gasteiger partial charge in [0.25, 0.3) is 5.91 Å². The van der Waals surface area contributed by atoms with Gasteiger partial charge in [-0.15, -0.1) is 13.2 Å². The lowest BCUT2D eigenvalue weighted by Gasteiger charge is -2.10. The summed E-state index contributed by atoms with van der Waals surface area (Å²) in [5.41, 5.74) is 1.06. The van der Waals surface area contributed by atoms with Crippen LogP contribution in [0, 0.1) is 13.0 Å². The number of aromatic hydroxyl groups is 1. The quantitative estimate of drug-likeness (QED) is 0.713. The second-order valence-electron chi connectivity index (χ2n) is 5.24. The van der Waals surface area contributed by atoms with Crippen LogP contribution in [0.5, 0.6) is 11.5 Å². The summed E-state index contributed by atoms with van der Waals surface area (Å²) in [6, 6.07) is 10.3. The molecule has 4 nitrogen and oxygen atoms in total. The van der Waals surface area contributed by atoms with E-state index in [1.165, 1.54) is 28.8 Å². The van der Waals surface area contributed by atoms with Crippen LogP contribution in [-0.4, -0.2) is 21.9 Å². The summed E-state index contributed by atoms with van der Waals surface area (Å²) >= 11 is 5.89. The Morgan fingerprint density at radius 3 is 2.48 bits per heavy atom. The Morgan fingerprint density at radius 1 is 1.24 bits per heavy atom. The smallest absolute Gasteiger partial charge is 0.506 e. The number of benzene rings is 2. The number of carbonyl (C=O) groups is 1. The highest BCUT2D eigenvalue weighted by Gasteiger charge is 2.31. The molecule has 3 aromatic rings. The minimum Gasteiger partial charge on any atom is -0.506 e. The summed E-state index contributed by atoms with van der Waals surface area (Å²) in [6.45, 7) is 1.64. The predicted molar refractivity (Wildman–Crippen MR) is 85.0 cm³/mol. The van der Waals surface area contributed by atoms with Gasteiger partial charge in [0.1, 0.15) is 11.5 Å². The number of aromatic nitrogens is 1. The molecule has 1 aromatic heterocycles. The second kappa shape index (κ2) is 6.00. The van der Waals surface area contributed by atoms with Crippen molar-refractivity contribution < 1.29 is 27.8 Å². The Bertz CT molecular complexity index is 962. The highest BCUT2D eigenvalue weighted by Crippen LogP contribution is 2.31. The number of phenolic OH excluding ortho intramolecular Hbond substituents is 1. The molecular weight excluding hydrogens is 359 g/mol. The monoisotopic (exact) mass is 368 g/mol. The molecule has 0 aliphatic rings. The molecule has 0 aliphatic carbocycles. The Kier molecular flexibility index (Phi) is 4.12. The first-order valence-corrected chi connectivity index (χ1v) is 7.37. The molecule has 0 unspecified atom stereocenters. The zero-order valence-electron chi connectivity index (χ0n) is 12.7. The molecule has 1 heterocycles. The van der Waals surface area contributed by atoms with Gasteiger partial charge in [0.15, 0.2) is 0 Å². The van der Waals surface area contributed by atoms with Gasteiger partial charge < -0.3 is 9.84 Å². The van der Waals surface area contributed by atoms with Gasteiger partial charge >= 0.3 is 6.36 Å². The highest BCUT2D eigenvalue weighted by atomic mass is 35.5. The minimum atomic E-state index is -4.80. The van der Waals surface area contributed by atoms with E-state index in [4.69, 9.17) is 11.6 Å². The summed E-state index contributed by atoms with van der Waals surface area (Å²) in [6.07, 6.45) is -4.80. The predicted octanol–water partition coefficient (Wildman–Crippen LogP) is 4.70. The summed E-state index contributed by atoms with van der Waals surface area (Å²) in [7, 11) is 0. The van der Waals surface area contributed by atoms with Crippen molar-refractivity contribution in [2.24, 2.45) is 0 Å². The molecule has 0 fully saturated rings. The molecule has 0 bridgehead atoms. The number of hydrogen-bond acceptors (Lipinski definition) is 3. The second-order valence-corrected chi connectivity index (χ2v) is 5.65. The van der Waals surface area contributed by atoms with E-state index in [1.54, 1.807) is 6.92 Å². The third-order valence-corrected chi connectivity index (χ3v) is 3.80. The van der Waals surface area contributed by atoms with Crippen LogP contribution in [0.3, 0.4) is 0 Å². The van der Waals surface area contributed by atoms with Crippen LogP contribution in [0.15, 0.2) is 36.4 Å². The van der Waals surface area contributed by atoms with Crippen molar-refractivity contribution in [2.45, 2.75) is 13.3 Å². The lowest BCUT2D eigenvalue weighted by Crippen LogP contribution is -2.17. The van der Waals surface area contributed by atoms with E-state index in [2.05, 4.69) is 10.8 Å². The van der Waals surface area contributed by atoms with E-state index in [1.807, 2.05) is 0 Å². The topological polar surface area (TPSA) is 51.5 Å². The first-order chi connectivity index (χ1) is 11.7. The maximum atomic E-state index is 12.7. The van der Waals surface area contributed by atoms with Crippen LogP contribution in [0.25, 0.3) is 10.9 Å². The van der Waals surface area contributed by atoms with Gasteiger partial charge in [-0.05, 0) is 43.3 Å². The molecule has 2 aromatic carbocycles. The van der Waals surface area contributed by atoms with E-state index >= 15 is 0 Å². The highest BCUT2D eigenvalue weighted by molar-refractivity contribution is 6.32. The van der Waals surface area contributed by atoms with Crippen LogP contribution in [0.1, 0.15) is 16.1 Å². The molecule has 3 rings (SSSR count). The fraction of sp³-hybridized carbons (Fsp3) is 0.118. The summed E-state index contributed by atoms with van der Waals surface area (Å²) < 4.78 is 41.7. The maximum absolute atomic E-state index is 12.7. The third kappa shape index (κ3) is 3.41. The Labute approximate surface area is 145 Å². The number of phenols is 1. The van der Waals surface area contributed by atoms with Crippen LogP contribution in [0.2, 0.25) is 5.02 Å². The number of rotatable bonds is 2. The normalized spacial score (nSPS) is 11.7. The van der Waals surface area contributed by atoms with Crippen LogP contribution in [0.4, 0.5) is 13.2 Å². The number of alkyl halides is 3. The zero-order chi connectivity index (χ0) is 18.4. The Morgan fingerprint density at radius 2 is 1.88 bits per heavy atom. The van der Waals surface area contributed by atoms with Gasteiger partial charge in [0.05, 0.1) is 10.5 Å². The molecule has 129 valence electrons. The average molecular weight is 369 g/mol. The van der Waals surface area contributed by atoms with Gasteiger partial charge in [-0.25, -0.2) is 0 Å². The van der Waals surface area contributed by atoms with Crippen LogP contribution < -0.4 is 4.74 Å². The molecular formula is C17H10ClF3NO3. The van der Waals surface area contributed by atoms with Crippen molar-refractivity contribution in [3.8, 4) is 11.5 Å². The first-order valence-electron chi connectivity index (χ1n) is 6.99.